The lowest BCUT2D eigenvalue weighted by atomic mass is 9.85. The van der Waals surface area contributed by atoms with E-state index in [0.717, 1.165) is 31.3 Å². The van der Waals surface area contributed by atoms with Gasteiger partial charge in [0.05, 0.1) is 11.8 Å². The lowest BCUT2D eigenvalue weighted by molar-refractivity contribution is -0.140. The van der Waals surface area contributed by atoms with Crippen LogP contribution in [0.25, 0.3) is 0 Å². The maximum Gasteiger partial charge on any atom is 0.233 e. The number of aromatic nitrogens is 2. The molecule has 4 rings (SSSR count). The molecule has 4 unspecified atom stereocenters. The van der Waals surface area contributed by atoms with Crippen LogP contribution in [0, 0.1) is 29.6 Å². The van der Waals surface area contributed by atoms with Gasteiger partial charge in [-0.1, -0.05) is 26.0 Å². The molecule has 32 heavy (non-hydrogen) atoms. The molecule has 3 aliphatic rings. The van der Waals surface area contributed by atoms with Gasteiger partial charge in [0, 0.05) is 38.6 Å². The van der Waals surface area contributed by atoms with E-state index in [2.05, 4.69) is 51.2 Å². The van der Waals surface area contributed by atoms with E-state index in [0.29, 0.717) is 32.0 Å². The van der Waals surface area contributed by atoms with Gasteiger partial charge in [0.1, 0.15) is 12.4 Å². The highest BCUT2D eigenvalue weighted by Crippen LogP contribution is 2.52. The van der Waals surface area contributed by atoms with E-state index in [1.165, 1.54) is 4.90 Å². The van der Waals surface area contributed by atoms with Gasteiger partial charge in [0.2, 0.25) is 11.8 Å². The van der Waals surface area contributed by atoms with Crippen molar-refractivity contribution in [3.8, 4) is 0 Å². The molecule has 0 aromatic carbocycles. The van der Waals surface area contributed by atoms with Gasteiger partial charge in [-0.15, -0.1) is 24.0 Å². The topological polar surface area (TPSA) is 91.6 Å². The molecule has 2 aliphatic carbocycles. The molecule has 1 aromatic rings. The predicted octanol–water partition coefficient (Wildman–Crippen LogP) is 2.41. The van der Waals surface area contributed by atoms with Crippen molar-refractivity contribution >= 4 is 41.8 Å². The summed E-state index contributed by atoms with van der Waals surface area (Å²) in [6.45, 7) is 9.68. The number of nitrogens with zero attached hydrogens (tertiary/aromatic N) is 4. The molecule has 4 atom stereocenters. The number of hydrogen-bond donors (Lipinski definition) is 2. The number of guanidine groups is 1. The number of imide groups is 1. The third-order valence-electron chi connectivity index (χ3n) is 6.50. The Bertz CT molecular complexity index is 850. The van der Waals surface area contributed by atoms with E-state index in [-0.39, 0.29) is 59.5 Å². The molecular formula is C23H35IN6O2. The zero-order chi connectivity index (χ0) is 22.0. The van der Waals surface area contributed by atoms with Crippen molar-refractivity contribution in [3.63, 3.8) is 0 Å². The van der Waals surface area contributed by atoms with Crippen LogP contribution in [0.15, 0.2) is 29.5 Å². The fourth-order valence-electron chi connectivity index (χ4n) is 5.17. The molecule has 1 aromatic heterocycles. The molecule has 0 radical (unpaired) electrons. The smallest absolute Gasteiger partial charge is 0.233 e. The van der Waals surface area contributed by atoms with Crippen molar-refractivity contribution in [1.82, 2.24) is 25.1 Å². The first-order chi connectivity index (χ1) is 15.0. The number of carbonyl (C=O) groups excluding carboxylic acids is 2. The molecule has 0 spiro atoms. The Kier molecular flexibility index (Phi) is 8.35. The Hall–Kier alpha value is -1.91. The molecule has 9 heteroatoms. The van der Waals surface area contributed by atoms with Crippen molar-refractivity contribution in [2.45, 2.75) is 46.7 Å². The highest BCUT2D eigenvalue weighted by atomic mass is 127. The van der Waals surface area contributed by atoms with Crippen molar-refractivity contribution in [3.05, 3.63) is 30.4 Å². The number of imidazole rings is 1. The first-order valence-electron chi connectivity index (χ1n) is 11.5. The summed E-state index contributed by atoms with van der Waals surface area (Å²) in [5, 5.41) is 6.57. The highest BCUT2D eigenvalue weighted by molar-refractivity contribution is 14.0. The summed E-state index contributed by atoms with van der Waals surface area (Å²) in [6.07, 6.45) is 9.74. The number of rotatable bonds is 9. The minimum absolute atomic E-state index is 0. The van der Waals surface area contributed by atoms with Crippen LogP contribution in [0.5, 0.6) is 0 Å². The van der Waals surface area contributed by atoms with Crippen molar-refractivity contribution in [2.24, 2.45) is 34.6 Å². The van der Waals surface area contributed by atoms with Gasteiger partial charge in [-0.2, -0.15) is 0 Å². The lowest BCUT2D eigenvalue weighted by Gasteiger charge is -2.18. The van der Waals surface area contributed by atoms with Crippen LogP contribution in [-0.2, 0) is 22.7 Å². The summed E-state index contributed by atoms with van der Waals surface area (Å²) in [5.41, 5.74) is 0. The van der Waals surface area contributed by atoms with Crippen LogP contribution in [0.2, 0.25) is 0 Å². The Balaban J connectivity index is 0.00000289. The summed E-state index contributed by atoms with van der Waals surface area (Å²) >= 11 is 0. The van der Waals surface area contributed by atoms with Crippen molar-refractivity contribution in [1.29, 1.82) is 0 Å². The number of likely N-dealkylation sites (tertiary alicyclic amines) is 1. The number of amides is 2. The van der Waals surface area contributed by atoms with E-state index in [9.17, 15) is 9.59 Å². The van der Waals surface area contributed by atoms with Crippen LogP contribution in [0.4, 0.5) is 0 Å². The van der Waals surface area contributed by atoms with E-state index in [4.69, 9.17) is 0 Å². The quantitative estimate of drug-likeness (QED) is 0.122. The summed E-state index contributed by atoms with van der Waals surface area (Å²) in [4.78, 5) is 36.1. The third-order valence-corrected chi connectivity index (χ3v) is 6.50. The summed E-state index contributed by atoms with van der Waals surface area (Å²) in [7, 11) is 0. The Labute approximate surface area is 207 Å². The van der Waals surface area contributed by atoms with Gasteiger partial charge < -0.3 is 15.2 Å². The van der Waals surface area contributed by atoms with Gasteiger partial charge in [-0.05, 0) is 37.5 Å². The van der Waals surface area contributed by atoms with E-state index >= 15 is 0 Å². The van der Waals surface area contributed by atoms with Crippen LogP contribution in [0.3, 0.4) is 0 Å². The second kappa shape index (κ2) is 10.8. The standard InChI is InChI=1S/C23H34N6O2.HI/c1-4-24-23(27-13-18-25-9-11-28(18)14-15(2)3)26-8-5-10-29-21(30)19-16-6-7-17(12-16)20(19)22(29)31;/h6-7,9,11,15-17,19-20H,4-5,8,10,12-14H2,1-3H3,(H2,24,26,27);1H. The monoisotopic (exact) mass is 554 g/mol. The van der Waals surface area contributed by atoms with Gasteiger partial charge >= 0.3 is 0 Å². The highest BCUT2D eigenvalue weighted by Gasteiger charge is 2.58. The van der Waals surface area contributed by atoms with Crippen molar-refractivity contribution in [2.75, 3.05) is 19.6 Å². The number of allylic oxidation sites excluding steroid dienone is 2. The van der Waals surface area contributed by atoms with Gasteiger partial charge in [-0.25, -0.2) is 9.98 Å². The minimum atomic E-state index is -0.107. The molecule has 2 fully saturated rings. The fourth-order valence-corrected chi connectivity index (χ4v) is 5.17. The third kappa shape index (κ3) is 5.02. The van der Waals surface area contributed by atoms with Crippen LogP contribution in [-0.4, -0.2) is 51.9 Å². The van der Waals surface area contributed by atoms with E-state index < -0.39 is 0 Å². The fraction of sp³-hybridized carbons (Fsp3) is 0.652. The van der Waals surface area contributed by atoms with Crippen LogP contribution >= 0.6 is 24.0 Å². The zero-order valence-corrected chi connectivity index (χ0v) is 21.5. The average Bonchev–Trinajstić information content (AvgIpc) is 3.50. The first kappa shape index (κ1) is 24.7. The molecule has 2 amide bonds. The normalized spacial score (nSPS) is 26.1. The van der Waals surface area contributed by atoms with E-state index in [1.54, 1.807) is 0 Å². The Morgan fingerprint density at radius 3 is 2.50 bits per heavy atom. The molecule has 8 nitrogen and oxygen atoms in total. The Morgan fingerprint density at radius 1 is 1.19 bits per heavy atom. The zero-order valence-electron chi connectivity index (χ0n) is 19.2. The molecule has 1 saturated carbocycles. The summed E-state index contributed by atoms with van der Waals surface area (Å²) in [6, 6.07) is 0. The largest absolute Gasteiger partial charge is 0.357 e. The number of carbonyl (C=O) groups is 2. The molecule has 2 bridgehead atoms. The number of aliphatic imine (C=N–C) groups is 1. The first-order valence-corrected chi connectivity index (χ1v) is 11.5. The second-order valence-corrected chi connectivity index (χ2v) is 9.19. The molecule has 1 saturated heterocycles. The SMILES string of the molecule is CCNC(=NCc1nccn1CC(C)C)NCCCN1C(=O)C2C3C=CC(C3)C2C1=O.I. The number of halogens is 1. The van der Waals surface area contributed by atoms with Gasteiger partial charge in [0.25, 0.3) is 0 Å². The van der Waals surface area contributed by atoms with Crippen LogP contribution < -0.4 is 10.6 Å². The molecule has 2 heterocycles. The molecular weight excluding hydrogens is 519 g/mol. The van der Waals surface area contributed by atoms with Gasteiger partial charge in [-0.3, -0.25) is 14.5 Å². The maximum atomic E-state index is 12.8. The van der Waals surface area contributed by atoms with Gasteiger partial charge in [0.15, 0.2) is 5.96 Å². The molecule has 1 aliphatic heterocycles. The summed E-state index contributed by atoms with van der Waals surface area (Å²) < 4.78 is 2.14. The van der Waals surface area contributed by atoms with Crippen LogP contribution in [0.1, 0.15) is 39.4 Å². The predicted molar refractivity (Wildman–Crippen MR) is 134 cm³/mol. The van der Waals surface area contributed by atoms with Crippen molar-refractivity contribution < 1.29 is 9.59 Å². The maximum absolute atomic E-state index is 12.8. The average molecular weight is 554 g/mol. The molecule has 176 valence electrons. The number of hydrogen-bond acceptors (Lipinski definition) is 4. The minimum Gasteiger partial charge on any atom is -0.357 e. The number of fused-ring (bicyclic) bond motifs is 5. The second-order valence-electron chi connectivity index (χ2n) is 9.19. The summed E-state index contributed by atoms with van der Waals surface area (Å²) in [5.74, 6) is 2.59. The number of nitrogens with one attached hydrogen (secondary N) is 2. The Morgan fingerprint density at radius 2 is 1.88 bits per heavy atom. The molecule has 2 N–H and O–H groups in total. The lowest BCUT2D eigenvalue weighted by Crippen LogP contribution is -2.40. The van der Waals surface area contributed by atoms with E-state index in [1.807, 2.05) is 19.3 Å².